The lowest BCUT2D eigenvalue weighted by Crippen LogP contribution is -2.54. The van der Waals surface area contributed by atoms with Crippen molar-refractivity contribution in [3.05, 3.63) is 60.2 Å². The molecule has 1 aliphatic carbocycles. The molecule has 8 nitrogen and oxygen atoms in total. The SMILES string of the molecule is CCOc1ccccc1N(CC(=O)N(CCc1ccccc1)[C@H](CC)C(=O)NC1CCCC1)S(C)(=O)=O. The summed E-state index contributed by atoms with van der Waals surface area (Å²) in [6.07, 6.45) is 6.09. The van der Waals surface area contributed by atoms with Gasteiger partial charge in [0.1, 0.15) is 18.3 Å². The van der Waals surface area contributed by atoms with Gasteiger partial charge in [-0.25, -0.2) is 8.42 Å². The lowest BCUT2D eigenvalue weighted by molar-refractivity contribution is -0.139. The molecule has 0 spiro atoms. The molecule has 0 heterocycles. The number of nitrogens with zero attached hydrogens (tertiary/aromatic N) is 2. The number of sulfonamides is 1. The summed E-state index contributed by atoms with van der Waals surface area (Å²) < 4.78 is 32.4. The molecule has 1 fully saturated rings. The van der Waals surface area contributed by atoms with Crippen LogP contribution in [-0.4, -0.2) is 63.2 Å². The van der Waals surface area contributed by atoms with E-state index in [1.54, 1.807) is 29.2 Å². The third kappa shape index (κ3) is 7.95. The van der Waals surface area contributed by atoms with Crippen LogP contribution in [0.3, 0.4) is 0 Å². The number of hydrogen-bond acceptors (Lipinski definition) is 5. The van der Waals surface area contributed by atoms with Crippen molar-refractivity contribution in [2.24, 2.45) is 0 Å². The molecule has 1 N–H and O–H groups in total. The normalized spacial score (nSPS) is 14.7. The summed E-state index contributed by atoms with van der Waals surface area (Å²) in [5.41, 5.74) is 1.33. The first kappa shape index (κ1) is 28.5. The van der Waals surface area contributed by atoms with Gasteiger partial charge in [0, 0.05) is 12.6 Å². The van der Waals surface area contributed by atoms with Crippen LogP contribution >= 0.6 is 0 Å². The van der Waals surface area contributed by atoms with Crippen molar-refractivity contribution in [1.82, 2.24) is 10.2 Å². The number of ether oxygens (including phenoxy) is 1. The zero-order valence-corrected chi connectivity index (χ0v) is 22.9. The molecule has 0 aromatic heterocycles. The van der Waals surface area contributed by atoms with Gasteiger partial charge < -0.3 is 15.0 Å². The maximum atomic E-state index is 13.8. The average Bonchev–Trinajstić information content (AvgIpc) is 3.38. The lowest BCUT2D eigenvalue weighted by atomic mass is 10.1. The molecule has 0 aliphatic heterocycles. The third-order valence-electron chi connectivity index (χ3n) is 6.68. The quantitative estimate of drug-likeness (QED) is 0.426. The van der Waals surface area contributed by atoms with Crippen molar-refractivity contribution in [3.8, 4) is 5.75 Å². The molecule has 2 aromatic rings. The van der Waals surface area contributed by atoms with E-state index in [0.29, 0.717) is 37.4 Å². The maximum Gasteiger partial charge on any atom is 0.244 e. The van der Waals surface area contributed by atoms with Crippen LogP contribution in [-0.2, 0) is 26.0 Å². The average molecular weight is 530 g/mol. The molecule has 0 unspecified atom stereocenters. The predicted molar refractivity (Wildman–Crippen MR) is 146 cm³/mol. The second kappa shape index (κ2) is 13.5. The molecule has 1 aliphatic rings. The van der Waals surface area contributed by atoms with Crippen LogP contribution in [0.25, 0.3) is 0 Å². The molecule has 2 amide bonds. The van der Waals surface area contributed by atoms with Gasteiger partial charge in [0.25, 0.3) is 0 Å². The summed E-state index contributed by atoms with van der Waals surface area (Å²) in [7, 11) is -3.82. The highest BCUT2D eigenvalue weighted by atomic mass is 32.2. The summed E-state index contributed by atoms with van der Waals surface area (Å²) in [6, 6.07) is 15.9. The summed E-state index contributed by atoms with van der Waals surface area (Å²) in [5, 5.41) is 3.12. The number of hydrogen-bond donors (Lipinski definition) is 1. The summed E-state index contributed by atoms with van der Waals surface area (Å²) in [6.45, 7) is 3.91. The van der Waals surface area contributed by atoms with Crippen LogP contribution in [0.2, 0.25) is 0 Å². The third-order valence-corrected chi connectivity index (χ3v) is 7.81. The van der Waals surface area contributed by atoms with Gasteiger partial charge in [-0.15, -0.1) is 0 Å². The topological polar surface area (TPSA) is 96.0 Å². The molecular weight excluding hydrogens is 490 g/mol. The fraction of sp³-hybridized carbons (Fsp3) is 0.500. The van der Waals surface area contributed by atoms with Crippen molar-refractivity contribution >= 4 is 27.5 Å². The minimum atomic E-state index is -3.82. The molecule has 2 aromatic carbocycles. The Morgan fingerprint density at radius 2 is 1.68 bits per heavy atom. The maximum absolute atomic E-state index is 13.8. The Hall–Kier alpha value is -3.07. The Morgan fingerprint density at radius 3 is 2.30 bits per heavy atom. The van der Waals surface area contributed by atoms with Gasteiger partial charge >= 0.3 is 0 Å². The Labute approximate surface area is 221 Å². The fourth-order valence-electron chi connectivity index (χ4n) is 4.80. The Morgan fingerprint density at radius 1 is 1.03 bits per heavy atom. The van der Waals surface area contributed by atoms with Gasteiger partial charge in [-0.3, -0.25) is 13.9 Å². The number of carbonyl (C=O) groups is 2. The number of para-hydroxylation sites is 2. The minimum absolute atomic E-state index is 0.123. The van der Waals surface area contributed by atoms with Gasteiger partial charge in [0.15, 0.2) is 0 Å². The summed E-state index contributed by atoms with van der Waals surface area (Å²) >= 11 is 0. The van der Waals surface area contributed by atoms with E-state index in [1.165, 1.54) is 0 Å². The Balaban J connectivity index is 1.89. The van der Waals surface area contributed by atoms with E-state index in [0.717, 1.165) is 41.8 Å². The first-order valence-corrected chi connectivity index (χ1v) is 14.9. The van der Waals surface area contributed by atoms with Crippen LogP contribution in [0.1, 0.15) is 51.5 Å². The zero-order chi connectivity index (χ0) is 26.8. The van der Waals surface area contributed by atoms with E-state index in [4.69, 9.17) is 4.74 Å². The number of carbonyl (C=O) groups excluding carboxylic acids is 2. The van der Waals surface area contributed by atoms with Crippen molar-refractivity contribution in [3.63, 3.8) is 0 Å². The minimum Gasteiger partial charge on any atom is -0.492 e. The highest BCUT2D eigenvalue weighted by Gasteiger charge is 2.33. The smallest absolute Gasteiger partial charge is 0.244 e. The largest absolute Gasteiger partial charge is 0.492 e. The van der Waals surface area contributed by atoms with E-state index in [-0.39, 0.29) is 11.9 Å². The lowest BCUT2D eigenvalue weighted by Gasteiger charge is -2.33. The van der Waals surface area contributed by atoms with Crippen LogP contribution in [0.4, 0.5) is 5.69 Å². The molecule has 0 radical (unpaired) electrons. The summed E-state index contributed by atoms with van der Waals surface area (Å²) in [4.78, 5) is 28.7. The number of benzene rings is 2. The van der Waals surface area contributed by atoms with Crippen LogP contribution in [0.15, 0.2) is 54.6 Å². The number of amides is 2. The van der Waals surface area contributed by atoms with Crippen molar-refractivity contribution in [1.29, 1.82) is 0 Å². The highest BCUT2D eigenvalue weighted by Crippen LogP contribution is 2.30. The van der Waals surface area contributed by atoms with E-state index in [2.05, 4.69) is 5.32 Å². The predicted octanol–water partition coefficient (Wildman–Crippen LogP) is 3.76. The number of nitrogens with one attached hydrogen (secondary N) is 1. The van der Waals surface area contributed by atoms with Crippen LogP contribution in [0, 0.1) is 0 Å². The Kier molecular flexibility index (Phi) is 10.4. The first-order valence-electron chi connectivity index (χ1n) is 13.1. The molecule has 0 saturated heterocycles. The monoisotopic (exact) mass is 529 g/mol. The van der Waals surface area contributed by atoms with E-state index < -0.39 is 28.5 Å². The van der Waals surface area contributed by atoms with E-state index >= 15 is 0 Å². The van der Waals surface area contributed by atoms with Crippen molar-refractivity contribution < 1.29 is 22.7 Å². The first-order chi connectivity index (χ1) is 17.7. The molecule has 9 heteroatoms. The van der Waals surface area contributed by atoms with Gasteiger partial charge in [0.2, 0.25) is 21.8 Å². The summed E-state index contributed by atoms with van der Waals surface area (Å²) in [5.74, 6) is -0.234. The number of anilines is 1. The standard InChI is InChI=1S/C28H39N3O5S/c1-4-24(28(33)29-23-15-9-10-16-23)30(20-19-22-13-7-6-8-14-22)27(32)21-31(37(3,34)35)25-17-11-12-18-26(25)36-5-2/h6-8,11-14,17-18,23-24H,4-5,9-10,15-16,19-21H2,1-3H3,(H,29,33)/t24-/m1/s1. The van der Waals surface area contributed by atoms with Crippen molar-refractivity contribution in [2.75, 3.05) is 30.3 Å². The van der Waals surface area contributed by atoms with Crippen LogP contribution in [0.5, 0.6) is 5.75 Å². The van der Waals surface area contributed by atoms with Gasteiger partial charge in [-0.05, 0) is 50.3 Å². The zero-order valence-electron chi connectivity index (χ0n) is 22.1. The van der Waals surface area contributed by atoms with Crippen LogP contribution < -0.4 is 14.4 Å². The van der Waals surface area contributed by atoms with E-state index in [1.807, 2.05) is 44.2 Å². The fourth-order valence-corrected chi connectivity index (χ4v) is 5.65. The Bertz CT molecular complexity index is 1130. The van der Waals surface area contributed by atoms with Gasteiger partial charge in [-0.2, -0.15) is 0 Å². The molecule has 202 valence electrons. The van der Waals surface area contributed by atoms with E-state index in [9.17, 15) is 18.0 Å². The molecule has 37 heavy (non-hydrogen) atoms. The molecular formula is C28H39N3O5S. The van der Waals surface area contributed by atoms with Gasteiger partial charge in [-0.1, -0.05) is 62.2 Å². The number of rotatable bonds is 13. The second-order valence-corrected chi connectivity index (χ2v) is 11.3. The second-order valence-electron chi connectivity index (χ2n) is 9.41. The molecule has 0 bridgehead atoms. The van der Waals surface area contributed by atoms with Gasteiger partial charge in [0.05, 0.1) is 18.6 Å². The molecule has 3 rings (SSSR count). The molecule has 1 atom stereocenters. The highest BCUT2D eigenvalue weighted by molar-refractivity contribution is 7.92. The molecule has 1 saturated carbocycles. The van der Waals surface area contributed by atoms with Crippen molar-refractivity contribution in [2.45, 2.75) is 64.5 Å².